The van der Waals surface area contributed by atoms with Gasteiger partial charge in [-0.15, -0.1) is 0 Å². The molecule has 0 aliphatic heterocycles. The van der Waals surface area contributed by atoms with Gasteiger partial charge in [0, 0.05) is 11.8 Å². The maximum atomic E-state index is 5.35. The van der Waals surface area contributed by atoms with E-state index in [2.05, 4.69) is 5.16 Å². The Bertz CT molecular complexity index is 384. The Labute approximate surface area is 109 Å². The van der Waals surface area contributed by atoms with Crippen molar-refractivity contribution in [1.82, 2.24) is 0 Å². The van der Waals surface area contributed by atoms with Crippen LogP contribution in [0.3, 0.4) is 0 Å². The van der Waals surface area contributed by atoms with Gasteiger partial charge < -0.3 is 9.57 Å². The van der Waals surface area contributed by atoms with E-state index in [0.717, 1.165) is 11.3 Å². The number of hydrogen-bond donors (Lipinski definition) is 0. The van der Waals surface area contributed by atoms with Crippen molar-refractivity contribution in [3.63, 3.8) is 0 Å². The van der Waals surface area contributed by atoms with Crippen LogP contribution in [0, 0.1) is 5.92 Å². The van der Waals surface area contributed by atoms with E-state index in [0.29, 0.717) is 12.5 Å². The summed E-state index contributed by atoms with van der Waals surface area (Å²) in [7, 11) is 1.67. The molecule has 0 radical (unpaired) electrons. The van der Waals surface area contributed by atoms with E-state index in [1.54, 1.807) is 7.11 Å². The first-order valence-electron chi connectivity index (χ1n) is 6.67. The van der Waals surface area contributed by atoms with Gasteiger partial charge in [0.25, 0.3) is 0 Å². The molecule has 18 heavy (non-hydrogen) atoms. The summed E-state index contributed by atoms with van der Waals surface area (Å²) >= 11 is 0. The predicted octanol–water partition coefficient (Wildman–Crippen LogP) is 3.78. The smallest absolute Gasteiger partial charge is 0.145 e. The van der Waals surface area contributed by atoms with Crippen molar-refractivity contribution in [3.8, 4) is 5.75 Å². The molecule has 0 atom stereocenters. The number of benzene rings is 1. The molecule has 3 nitrogen and oxygen atoms in total. The Morgan fingerprint density at radius 3 is 2.78 bits per heavy atom. The molecular formula is C15H21NO2. The average molecular weight is 247 g/mol. The van der Waals surface area contributed by atoms with Gasteiger partial charge in [-0.2, -0.15) is 0 Å². The molecule has 0 bridgehead atoms. The molecule has 0 aromatic heterocycles. The van der Waals surface area contributed by atoms with Crippen LogP contribution in [0.15, 0.2) is 29.4 Å². The van der Waals surface area contributed by atoms with Gasteiger partial charge in [0.1, 0.15) is 12.4 Å². The standard InChI is InChI=1S/C15H21NO2/c1-17-15-10-6-5-9-14(15)12-18-16-11-13-7-3-2-4-8-13/h5-6,9-11,13H,2-4,7-8,12H2,1H3. The maximum Gasteiger partial charge on any atom is 0.145 e. The molecule has 1 aliphatic carbocycles. The fraction of sp³-hybridized carbons (Fsp3) is 0.533. The lowest BCUT2D eigenvalue weighted by Gasteiger charge is -2.16. The monoisotopic (exact) mass is 247 g/mol. The Hall–Kier alpha value is -1.51. The number of hydrogen-bond acceptors (Lipinski definition) is 3. The van der Waals surface area contributed by atoms with Crippen LogP contribution in [0.2, 0.25) is 0 Å². The average Bonchev–Trinajstić information content (AvgIpc) is 2.45. The van der Waals surface area contributed by atoms with Crippen LogP contribution < -0.4 is 4.74 Å². The molecule has 1 saturated carbocycles. The number of rotatable bonds is 5. The van der Waals surface area contributed by atoms with E-state index in [4.69, 9.17) is 9.57 Å². The van der Waals surface area contributed by atoms with Gasteiger partial charge in [-0.3, -0.25) is 0 Å². The van der Waals surface area contributed by atoms with Crippen molar-refractivity contribution in [2.45, 2.75) is 38.7 Å². The van der Waals surface area contributed by atoms with Gasteiger partial charge in [0.2, 0.25) is 0 Å². The van der Waals surface area contributed by atoms with Crippen LogP contribution in [0.5, 0.6) is 5.75 Å². The zero-order valence-corrected chi connectivity index (χ0v) is 11.0. The Morgan fingerprint density at radius 1 is 1.22 bits per heavy atom. The summed E-state index contributed by atoms with van der Waals surface area (Å²) in [5, 5.41) is 4.09. The Kier molecular flexibility index (Phi) is 5.06. The third-order valence-electron chi connectivity index (χ3n) is 3.41. The Balaban J connectivity index is 1.78. The quantitative estimate of drug-likeness (QED) is 0.585. The van der Waals surface area contributed by atoms with E-state index in [-0.39, 0.29) is 0 Å². The molecule has 0 N–H and O–H groups in total. The van der Waals surface area contributed by atoms with Gasteiger partial charge in [0.05, 0.1) is 7.11 Å². The molecule has 1 aromatic carbocycles. The van der Waals surface area contributed by atoms with Crippen molar-refractivity contribution in [2.24, 2.45) is 11.1 Å². The predicted molar refractivity (Wildman–Crippen MR) is 72.9 cm³/mol. The van der Waals surface area contributed by atoms with Crippen molar-refractivity contribution in [1.29, 1.82) is 0 Å². The maximum absolute atomic E-state index is 5.35. The van der Waals surface area contributed by atoms with Crippen molar-refractivity contribution >= 4 is 6.21 Å². The SMILES string of the molecule is COc1ccccc1CON=CC1CCCCC1. The molecule has 0 saturated heterocycles. The lowest BCUT2D eigenvalue weighted by atomic mass is 9.90. The van der Waals surface area contributed by atoms with E-state index in [1.165, 1.54) is 32.1 Å². The summed E-state index contributed by atoms with van der Waals surface area (Å²) in [6.45, 7) is 0.466. The number of ether oxygens (including phenoxy) is 1. The zero-order chi connectivity index (χ0) is 12.6. The van der Waals surface area contributed by atoms with E-state index in [1.807, 2.05) is 30.5 Å². The first-order valence-corrected chi connectivity index (χ1v) is 6.67. The first-order chi connectivity index (χ1) is 8.90. The zero-order valence-electron chi connectivity index (χ0n) is 11.0. The largest absolute Gasteiger partial charge is 0.496 e. The van der Waals surface area contributed by atoms with Crippen LogP contribution in [-0.2, 0) is 11.4 Å². The molecular weight excluding hydrogens is 226 g/mol. The number of methoxy groups -OCH3 is 1. The lowest BCUT2D eigenvalue weighted by molar-refractivity contribution is 0.128. The van der Waals surface area contributed by atoms with Gasteiger partial charge >= 0.3 is 0 Å². The van der Waals surface area contributed by atoms with Gasteiger partial charge in [-0.1, -0.05) is 42.6 Å². The minimum absolute atomic E-state index is 0.466. The van der Waals surface area contributed by atoms with E-state index in [9.17, 15) is 0 Å². The molecule has 1 fully saturated rings. The lowest BCUT2D eigenvalue weighted by Crippen LogP contribution is -2.07. The van der Waals surface area contributed by atoms with Crippen LogP contribution in [0.1, 0.15) is 37.7 Å². The van der Waals surface area contributed by atoms with Crippen LogP contribution in [-0.4, -0.2) is 13.3 Å². The topological polar surface area (TPSA) is 30.8 Å². The van der Waals surface area contributed by atoms with Gasteiger partial charge in [-0.25, -0.2) is 0 Å². The van der Waals surface area contributed by atoms with Crippen molar-refractivity contribution < 1.29 is 9.57 Å². The van der Waals surface area contributed by atoms with Crippen LogP contribution in [0.4, 0.5) is 0 Å². The molecule has 0 unspecified atom stereocenters. The molecule has 98 valence electrons. The highest BCUT2D eigenvalue weighted by molar-refractivity contribution is 5.59. The molecule has 1 aliphatic rings. The summed E-state index contributed by atoms with van der Waals surface area (Å²) in [5.74, 6) is 1.46. The summed E-state index contributed by atoms with van der Waals surface area (Å²) in [4.78, 5) is 5.35. The second-order valence-corrected chi connectivity index (χ2v) is 4.74. The molecule has 0 heterocycles. The van der Waals surface area contributed by atoms with Crippen molar-refractivity contribution in [2.75, 3.05) is 7.11 Å². The first kappa shape index (κ1) is 12.9. The van der Waals surface area contributed by atoms with Gasteiger partial charge in [0.15, 0.2) is 0 Å². The highest BCUT2D eigenvalue weighted by atomic mass is 16.6. The highest BCUT2D eigenvalue weighted by Crippen LogP contribution is 2.22. The minimum atomic E-state index is 0.466. The summed E-state index contributed by atoms with van der Waals surface area (Å²) < 4.78 is 5.26. The number of oxime groups is 1. The third-order valence-corrected chi connectivity index (χ3v) is 3.41. The minimum Gasteiger partial charge on any atom is -0.496 e. The molecule has 0 amide bonds. The van der Waals surface area contributed by atoms with Crippen LogP contribution in [0.25, 0.3) is 0 Å². The van der Waals surface area contributed by atoms with E-state index < -0.39 is 0 Å². The fourth-order valence-corrected chi connectivity index (χ4v) is 2.34. The number of para-hydroxylation sites is 1. The molecule has 0 spiro atoms. The van der Waals surface area contributed by atoms with Gasteiger partial charge in [-0.05, 0) is 24.8 Å². The highest BCUT2D eigenvalue weighted by Gasteiger charge is 2.10. The molecule has 3 heteroatoms. The van der Waals surface area contributed by atoms with Crippen molar-refractivity contribution in [3.05, 3.63) is 29.8 Å². The summed E-state index contributed by atoms with van der Waals surface area (Å²) in [6, 6.07) is 7.86. The number of nitrogens with zero attached hydrogens (tertiary/aromatic N) is 1. The fourth-order valence-electron chi connectivity index (χ4n) is 2.34. The van der Waals surface area contributed by atoms with E-state index >= 15 is 0 Å². The molecule has 2 rings (SSSR count). The normalized spacial score (nSPS) is 16.9. The second kappa shape index (κ2) is 7.04. The summed E-state index contributed by atoms with van der Waals surface area (Å²) in [5.41, 5.74) is 1.03. The second-order valence-electron chi connectivity index (χ2n) is 4.74. The summed E-state index contributed by atoms with van der Waals surface area (Å²) in [6.07, 6.45) is 8.48. The van der Waals surface area contributed by atoms with Crippen LogP contribution >= 0.6 is 0 Å². The third kappa shape index (κ3) is 3.76. The molecule has 1 aromatic rings. The Morgan fingerprint density at radius 2 is 2.00 bits per heavy atom.